The van der Waals surface area contributed by atoms with E-state index in [1.165, 1.54) is 0 Å². The standard InChI is InChI=1S/C19H23N5O/c1-13(16-5-7-17(8-6-16)24-10-9-20-12-24)21-19(25)11-18-14(2)22-23(4)15(18)3/h5-10,12-13H,11H2,1-4H3,(H,21,25)/t13-/m1/s1. The van der Waals surface area contributed by atoms with Gasteiger partial charge >= 0.3 is 0 Å². The molecule has 130 valence electrons. The van der Waals surface area contributed by atoms with Crippen molar-refractivity contribution in [3.8, 4) is 5.69 Å². The predicted molar refractivity (Wildman–Crippen MR) is 96.5 cm³/mol. The van der Waals surface area contributed by atoms with Crippen LogP contribution in [0.1, 0.15) is 35.5 Å². The summed E-state index contributed by atoms with van der Waals surface area (Å²) in [5, 5.41) is 7.43. The first kappa shape index (κ1) is 17.0. The summed E-state index contributed by atoms with van der Waals surface area (Å²) in [6.45, 7) is 5.92. The van der Waals surface area contributed by atoms with E-state index in [2.05, 4.69) is 15.4 Å². The number of nitrogens with zero attached hydrogens (tertiary/aromatic N) is 4. The molecule has 0 aliphatic heterocycles. The van der Waals surface area contributed by atoms with Crippen LogP contribution in [0.25, 0.3) is 5.69 Å². The van der Waals surface area contributed by atoms with E-state index in [9.17, 15) is 4.79 Å². The summed E-state index contributed by atoms with van der Waals surface area (Å²) >= 11 is 0. The van der Waals surface area contributed by atoms with Crippen LogP contribution >= 0.6 is 0 Å². The predicted octanol–water partition coefficient (Wildman–Crippen LogP) is 2.64. The van der Waals surface area contributed by atoms with E-state index in [1.54, 1.807) is 12.5 Å². The number of hydrogen-bond acceptors (Lipinski definition) is 3. The van der Waals surface area contributed by atoms with Gasteiger partial charge in [-0.15, -0.1) is 0 Å². The fourth-order valence-electron chi connectivity index (χ4n) is 2.96. The number of hydrogen-bond donors (Lipinski definition) is 1. The molecule has 0 fully saturated rings. The molecular weight excluding hydrogens is 314 g/mol. The lowest BCUT2D eigenvalue weighted by molar-refractivity contribution is -0.121. The van der Waals surface area contributed by atoms with Gasteiger partial charge < -0.3 is 9.88 Å². The lowest BCUT2D eigenvalue weighted by Gasteiger charge is -2.15. The van der Waals surface area contributed by atoms with E-state index in [-0.39, 0.29) is 11.9 Å². The fourth-order valence-corrected chi connectivity index (χ4v) is 2.96. The van der Waals surface area contributed by atoms with Crippen LogP contribution in [-0.2, 0) is 18.3 Å². The lowest BCUT2D eigenvalue weighted by atomic mass is 10.1. The normalized spacial score (nSPS) is 12.2. The van der Waals surface area contributed by atoms with Gasteiger partial charge in [0.05, 0.1) is 24.5 Å². The second-order valence-corrected chi connectivity index (χ2v) is 6.30. The van der Waals surface area contributed by atoms with Gasteiger partial charge in [-0.1, -0.05) is 12.1 Å². The Bertz CT molecular complexity index is 862. The second-order valence-electron chi connectivity index (χ2n) is 6.30. The molecule has 0 saturated heterocycles. The highest BCUT2D eigenvalue weighted by Gasteiger charge is 2.15. The van der Waals surface area contributed by atoms with E-state index in [1.807, 2.05) is 67.5 Å². The van der Waals surface area contributed by atoms with Gasteiger partial charge in [0.1, 0.15) is 0 Å². The Balaban J connectivity index is 1.65. The summed E-state index contributed by atoms with van der Waals surface area (Å²) in [6, 6.07) is 8.05. The Kier molecular flexibility index (Phi) is 4.70. The number of carbonyl (C=O) groups excluding carboxylic acids is 1. The molecule has 1 amide bonds. The second kappa shape index (κ2) is 6.93. The SMILES string of the molecule is Cc1nn(C)c(C)c1CC(=O)N[C@H](C)c1ccc(-n2ccnc2)cc1. The molecule has 0 aliphatic carbocycles. The monoisotopic (exact) mass is 337 g/mol. The summed E-state index contributed by atoms with van der Waals surface area (Å²) < 4.78 is 3.76. The minimum atomic E-state index is -0.0541. The van der Waals surface area contributed by atoms with Gasteiger partial charge in [0.25, 0.3) is 0 Å². The minimum Gasteiger partial charge on any atom is -0.349 e. The molecule has 3 rings (SSSR count). The van der Waals surface area contributed by atoms with Gasteiger partial charge in [0.15, 0.2) is 0 Å². The smallest absolute Gasteiger partial charge is 0.225 e. The summed E-state index contributed by atoms with van der Waals surface area (Å²) in [5.41, 5.74) is 5.05. The van der Waals surface area contributed by atoms with Crippen molar-refractivity contribution in [2.24, 2.45) is 7.05 Å². The molecule has 0 spiro atoms. The summed E-state index contributed by atoms with van der Waals surface area (Å²) in [5.74, 6) is 0.00499. The van der Waals surface area contributed by atoms with E-state index >= 15 is 0 Å². The van der Waals surface area contributed by atoms with Crippen LogP contribution < -0.4 is 5.32 Å². The van der Waals surface area contributed by atoms with Crippen LogP contribution in [0.15, 0.2) is 43.0 Å². The molecule has 0 bridgehead atoms. The first-order chi connectivity index (χ1) is 12.0. The maximum Gasteiger partial charge on any atom is 0.225 e. The summed E-state index contributed by atoms with van der Waals surface area (Å²) in [4.78, 5) is 16.5. The first-order valence-corrected chi connectivity index (χ1v) is 8.32. The number of rotatable bonds is 5. The number of benzene rings is 1. The van der Waals surface area contributed by atoms with Crippen molar-refractivity contribution < 1.29 is 4.79 Å². The third-order valence-electron chi connectivity index (χ3n) is 4.57. The van der Waals surface area contributed by atoms with E-state index in [0.717, 1.165) is 28.2 Å². The lowest BCUT2D eigenvalue weighted by Crippen LogP contribution is -2.28. The van der Waals surface area contributed by atoms with Crippen LogP contribution in [0.5, 0.6) is 0 Å². The van der Waals surface area contributed by atoms with Gasteiger partial charge in [-0.25, -0.2) is 4.98 Å². The van der Waals surface area contributed by atoms with Crippen LogP contribution in [0.3, 0.4) is 0 Å². The molecule has 0 radical (unpaired) electrons. The Labute approximate surface area is 147 Å². The third-order valence-corrected chi connectivity index (χ3v) is 4.57. The molecule has 1 aromatic carbocycles. The average Bonchev–Trinajstić information content (AvgIpc) is 3.20. The number of carbonyl (C=O) groups is 1. The van der Waals surface area contributed by atoms with Gasteiger partial charge in [-0.05, 0) is 38.5 Å². The summed E-state index contributed by atoms with van der Waals surface area (Å²) in [7, 11) is 1.90. The van der Waals surface area contributed by atoms with Crippen molar-refractivity contribution in [2.45, 2.75) is 33.2 Å². The number of amides is 1. The van der Waals surface area contributed by atoms with Crippen LogP contribution in [0.2, 0.25) is 0 Å². The molecule has 1 N–H and O–H groups in total. The molecule has 2 heterocycles. The number of aromatic nitrogens is 4. The van der Waals surface area contributed by atoms with Crippen molar-refractivity contribution in [1.29, 1.82) is 0 Å². The maximum absolute atomic E-state index is 12.4. The van der Waals surface area contributed by atoms with Gasteiger partial charge in [-0.2, -0.15) is 5.10 Å². The number of imidazole rings is 1. The van der Waals surface area contributed by atoms with Crippen molar-refractivity contribution in [3.05, 3.63) is 65.5 Å². The third kappa shape index (κ3) is 3.63. The van der Waals surface area contributed by atoms with Gasteiger partial charge in [0, 0.05) is 36.4 Å². The molecule has 3 aromatic rings. The molecule has 25 heavy (non-hydrogen) atoms. The van der Waals surface area contributed by atoms with Gasteiger partial charge in [-0.3, -0.25) is 9.48 Å². The Morgan fingerprint density at radius 2 is 1.96 bits per heavy atom. The van der Waals surface area contributed by atoms with E-state index in [0.29, 0.717) is 6.42 Å². The molecule has 2 aromatic heterocycles. The fraction of sp³-hybridized carbons (Fsp3) is 0.316. The highest BCUT2D eigenvalue weighted by molar-refractivity contribution is 5.79. The van der Waals surface area contributed by atoms with Crippen LogP contribution in [0.4, 0.5) is 0 Å². The molecule has 6 heteroatoms. The van der Waals surface area contributed by atoms with Crippen LogP contribution in [-0.4, -0.2) is 25.2 Å². The minimum absolute atomic E-state index is 0.00499. The zero-order valence-corrected chi connectivity index (χ0v) is 15.0. The Morgan fingerprint density at radius 1 is 1.24 bits per heavy atom. The Hall–Kier alpha value is -2.89. The van der Waals surface area contributed by atoms with Crippen molar-refractivity contribution in [3.63, 3.8) is 0 Å². The van der Waals surface area contributed by atoms with E-state index < -0.39 is 0 Å². The van der Waals surface area contributed by atoms with Crippen molar-refractivity contribution >= 4 is 5.91 Å². The maximum atomic E-state index is 12.4. The number of aryl methyl sites for hydroxylation is 2. The van der Waals surface area contributed by atoms with Crippen molar-refractivity contribution in [1.82, 2.24) is 24.6 Å². The zero-order valence-electron chi connectivity index (χ0n) is 15.0. The quantitative estimate of drug-likeness (QED) is 0.778. The Morgan fingerprint density at radius 3 is 2.52 bits per heavy atom. The van der Waals surface area contributed by atoms with Crippen LogP contribution in [0, 0.1) is 13.8 Å². The van der Waals surface area contributed by atoms with E-state index in [4.69, 9.17) is 0 Å². The average molecular weight is 337 g/mol. The molecule has 0 unspecified atom stereocenters. The molecule has 1 atom stereocenters. The van der Waals surface area contributed by atoms with Gasteiger partial charge in [0.2, 0.25) is 5.91 Å². The highest BCUT2D eigenvalue weighted by atomic mass is 16.1. The molecule has 0 saturated carbocycles. The first-order valence-electron chi connectivity index (χ1n) is 8.32. The van der Waals surface area contributed by atoms with Crippen molar-refractivity contribution in [2.75, 3.05) is 0 Å². The topological polar surface area (TPSA) is 64.7 Å². The molecular formula is C19H23N5O. The molecule has 6 nitrogen and oxygen atoms in total. The highest BCUT2D eigenvalue weighted by Crippen LogP contribution is 2.17. The number of nitrogens with one attached hydrogen (secondary N) is 1. The zero-order chi connectivity index (χ0) is 18.0. The largest absolute Gasteiger partial charge is 0.349 e. The summed E-state index contributed by atoms with van der Waals surface area (Å²) in [6.07, 6.45) is 5.76. The molecule has 0 aliphatic rings.